The zero-order valence-corrected chi connectivity index (χ0v) is 17.5. The van der Waals surface area contributed by atoms with Gasteiger partial charge in [-0.15, -0.1) is 0 Å². The summed E-state index contributed by atoms with van der Waals surface area (Å²) in [6.45, 7) is 0. The number of rotatable bonds is 4. The van der Waals surface area contributed by atoms with Gasteiger partial charge in [0, 0.05) is 18.0 Å². The lowest BCUT2D eigenvalue weighted by Gasteiger charge is -2.18. The van der Waals surface area contributed by atoms with Gasteiger partial charge in [0.2, 0.25) is 0 Å². The highest BCUT2D eigenvalue weighted by atomic mass is 31.1. The molecule has 1 N–H and O–H groups in total. The standard InChI is InChI=1S/C18H15P.C9H8N2/c1-4-10-16(11-5-1)19(17-12-6-2-7-13-17)18-14-8-3-9-15-18;1-2-4-8(5-3-1)9-10-6-7-11-9/h1-15H;1-7H,(H,10,11). The molecule has 0 saturated heterocycles. The minimum atomic E-state index is -0.446. The summed E-state index contributed by atoms with van der Waals surface area (Å²) in [5.74, 6) is 0.922. The fourth-order valence-corrected chi connectivity index (χ4v) is 5.50. The Morgan fingerprint density at radius 2 is 0.900 bits per heavy atom. The highest BCUT2D eigenvalue weighted by molar-refractivity contribution is 7.79. The van der Waals surface area contributed by atoms with E-state index in [2.05, 4.69) is 101 Å². The van der Waals surface area contributed by atoms with E-state index < -0.39 is 7.92 Å². The number of aromatic nitrogens is 2. The van der Waals surface area contributed by atoms with E-state index in [1.807, 2.05) is 36.5 Å². The predicted molar refractivity (Wildman–Crippen MR) is 129 cm³/mol. The quantitative estimate of drug-likeness (QED) is 0.391. The number of H-pyrrole nitrogens is 1. The van der Waals surface area contributed by atoms with Crippen LogP contribution in [-0.2, 0) is 0 Å². The molecule has 0 unspecified atom stereocenters. The summed E-state index contributed by atoms with van der Waals surface area (Å²) >= 11 is 0. The Morgan fingerprint density at radius 3 is 1.27 bits per heavy atom. The topological polar surface area (TPSA) is 28.7 Å². The summed E-state index contributed by atoms with van der Waals surface area (Å²) < 4.78 is 0. The molecule has 5 rings (SSSR count). The van der Waals surface area contributed by atoms with Gasteiger partial charge in [0.15, 0.2) is 0 Å². The zero-order valence-electron chi connectivity index (χ0n) is 16.6. The van der Waals surface area contributed by atoms with Gasteiger partial charge < -0.3 is 4.98 Å². The van der Waals surface area contributed by atoms with Crippen molar-refractivity contribution in [3.63, 3.8) is 0 Å². The molecule has 0 radical (unpaired) electrons. The van der Waals surface area contributed by atoms with Gasteiger partial charge in [-0.3, -0.25) is 0 Å². The first-order chi connectivity index (χ1) is 14.9. The maximum atomic E-state index is 4.13. The first-order valence-electron chi connectivity index (χ1n) is 9.92. The number of hydrogen-bond donors (Lipinski definition) is 1. The molecule has 2 nitrogen and oxygen atoms in total. The van der Waals surface area contributed by atoms with E-state index in [1.165, 1.54) is 15.9 Å². The number of nitrogens with zero attached hydrogens (tertiary/aromatic N) is 1. The van der Waals surface area contributed by atoms with Crippen LogP contribution in [0, 0.1) is 0 Å². The largest absolute Gasteiger partial charge is 0.345 e. The van der Waals surface area contributed by atoms with Crippen molar-refractivity contribution >= 4 is 23.8 Å². The van der Waals surface area contributed by atoms with Crippen molar-refractivity contribution in [2.45, 2.75) is 0 Å². The van der Waals surface area contributed by atoms with Crippen molar-refractivity contribution in [1.82, 2.24) is 9.97 Å². The second kappa shape index (κ2) is 10.3. The number of nitrogens with one attached hydrogen (secondary N) is 1. The average Bonchev–Trinajstić information content (AvgIpc) is 3.38. The van der Waals surface area contributed by atoms with Crippen LogP contribution in [0.25, 0.3) is 11.4 Å². The maximum Gasteiger partial charge on any atom is 0.137 e. The third-order valence-electron chi connectivity index (χ3n) is 4.59. The smallest absolute Gasteiger partial charge is 0.137 e. The number of hydrogen-bond acceptors (Lipinski definition) is 1. The molecule has 0 atom stereocenters. The molecule has 0 saturated carbocycles. The molecule has 0 fully saturated rings. The van der Waals surface area contributed by atoms with Gasteiger partial charge in [0.05, 0.1) is 0 Å². The van der Waals surface area contributed by atoms with Gasteiger partial charge in [-0.2, -0.15) is 0 Å². The van der Waals surface area contributed by atoms with Crippen molar-refractivity contribution < 1.29 is 0 Å². The SMILES string of the molecule is c1ccc(-c2ncc[nH]2)cc1.c1ccc(P(c2ccccc2)c2ccccc2)cc1. The van der Waals surface area contributed by atoms with Crippen molar-refractivity contribution in [2.75, 3.05) is 0 Å². The lowest BCUT2D eigenvalue weighted by atomic mass is 10.2. The summed E-state index contributed by atoms with van der Waals surface area (Å²) in [5, 5.41) is 4.19. The fraction of sp³-hybridized carbons (Fsp3) is 0. The molecule has 30 heavy (non-hydrogen) atoms. The predicted octanol–water partition coefficient (Wildman–Crippen LogP) is 5.52. The molecule has 0 aliphatic rings. The van der Waals surface area contributed by atoms with Crippen molar-refractivity contribution in [3.05, 3.63) is 134 Å². The molecule has 0 bridgehead atoms. The molecule has 3 heteroatoms. The van der Waals surface area contributed by atoms with E-state index >= 15 is 0 Å². The Morgan fingerprint density at radius 1 is 0.500 bits per heavy atom. The van der Waals surface area contributed by atoms with Crippen molar-refractivity contribution in [2.24, 2.45) is 0 Å². The molecule has 0 aliphatic heterocycles. The van der Waals surface area contributed by atoms with E-state index in [-0.39, 0.29) is 0 Å². The van der Waals surface area contributed by atoms with Crippen LogP contribution in [0.1, 0.15) is 0 Å². The third-order valence-corrected chi connectivity index (χ3v) is 7.03. The fourth-order valence-electron chi connectivity index (χ4n) is 3.20. The second-order valence-corrected chi connectivity index (χ2v) is 8.87. The summed E-state index contributed by atoms with van der Waals surface area (Å²) in [6, 6.07) is 42.4. The van der Waals surface area contributed by atoms with Gasteiger partial charge in [-0.25, -0.2) is 4.98 Å². The van der Waals surface area contributed by atoms with Crippen LogP contribution < -0.4 is 15.9 Å². The Bertz CT molecular complexity index is 1020. The van der Waals surface area contributed by atoms with Crippen LogP contribution in [0.5, 0.6) is 0 Å². The molecular formula is C27H23N2P. The molecule has 1 aromatic heterocycles. The lowest BCUT2D eigenvalue weighted by molar-refractivity contribution is 1.31. The summed E-state index contributed by atoms with van der Waals surface area (Å²) in [6.07, 6.45) is 3.57. The Kier molecular flexibility index (Phi) is 6.83. The van der Waals surface area contributed by atoms with Gasteiger partial charge in [0.1, 0.15) is 5.82 Å². The van der Waals surface area contributed by atoms with Crippen LogP contribution >= 0.6 is 7.92 Å². The van der Waals surface area contributed by atoms with E-state index in [1.54, 1.807) is 6.20 Å². The molecule has 0 spiro atoms. The van der Waals surface area contributed by atoms with Crippen LogP contribution in [-0.4, -0.2) is 9.97 Å². The van der Waals surface area contributed by atoms with E-state index in [9.17, 15) is 0 Å². The summed E-state index contributed by atoms with van der Waals surface area (Å²) in [5.41, 5.74) is 1.12. The first kappa shape index (κ1) is 19.8. The Hall–Kier alpha value is -3.48. The summed E-state index contributed by atoms with van der Waals surface area (Å²) in [7, 11) is -0.446. The zero-order chi connectivity index (χ0) is 20.4. The molecule has 4 aromatic carbocycles. The molecular weight excluding hydrogens is 383 g/mol. The third kappa shape index (κ3) is 5.11. The van der Waals surface area contributed by atoms with E-state index in [4.69, 9.17) is 0 Å². The van der Waals surface area contributed by atoms with E-state index in [0.717, 1.165) is 11.4 Å². The van der Waals surface area contributed by atoms with Crippen LogP contribution in [0.3, 0.4) is 0 Å². The Labute approximate surface area is 179 Å². The number of benzene rings is 4. The summed E-state index contributed by atoms with van der Waals surface area (Å²) in [4.78, 5) is 7.17. The molecule has 0 aliphatic carbocycles. The average molecular weight is 406 g/mol. The maximum absolute atomic E-state index is 4.13. The number of imidazole rings is 1. The second-order valence-electron chi connectivity index (χ2n) is 6.65. The highest BCUT2D eigenvalue weighted by Crippen LogP contribution is 2.32. The van der Waals surface area contributed by atoms with Crippen molar-refractivity contribution in [1.29, 1.82) is 0 Å². The monoisotopic (exact) mass is 406 g/mol. The van der Waals surface area contributed by atoms with Crippen LogP contribution in [0.2, 0.25) is 0 Å². The molecule has 5 aromatic rings. The first-order valence-corrected chi connectivity index (χ1v) is 11.3. The minimum absolute atomic E-state index is 0.446. The minimum Gasteiger partial charge on any atom is -0.345 e. The van der Waals surface area contributed by atoms with Gasteiger partial charge in [-0.1, -0.05) is 121 Å². The normalized spacial score (nSPS) is 10.3. The molecule has 1 heterocycles. The van der Waals surface area contributed by atoms with Gasteiger partial charge in [0.25, 0.3) is 0 Å². The van der Waals surface area contributed by atoms with Crippen LogP contribution in [0.15, 0.2) is 134 Å². The highest BCUT2D eigenvalue weighted by Gasteiger charge is 2.14. The van der Waals surface area contributed by atoms with Crippen molar-refractivity contribution in [3.8, 4) is 11.4 Å². The lowest BCUT2D eigenvalue weighted by Crippen LogP contribution is -2.20. The van der Waals surface area contributed by atoms with E-state index in [0.29, 0.717) is 0 Å². The Balaban J connectivity index is 0.000000168. The number of aromatic amines is 1. The van der Waals surface area contributed by atoms with Crippen LogP contribution in [0.4, 0.5) is 0 Å². The molecule has 146 valence electrons. The molecule has 0 amide bonds. The van der Waals surface area contributed by atoms with Gasteiger partial charge >= 0.3 is 0 Å². The van der Waals surface area contributed by atoms with Gasteiger partial charge in [-0.05, 0) is 23.8 Å².